The van der Waals surface area contributed by atoms with Crippen LogP contribution >= 0.6 is 0 Å². The van der Waals surface area contributed by atoms with E-state index in [2.05, 4.69) is 58.6 Å². The van der Waals surface area contributed by atoms with E-state index in [-0.39, 0.29) is 10.8 Å². The first-order chi connectivity index (χ1) is 11.1. The van der Waals surface area contributed by atoms with Crippen molar-refractivity contribution in [3.05, 3.63) is 51.6 Å². The molecule has 0 radical (unpaired) electrons. The highest BCUT2D eigenvalue weighted by atomic mass is 16.1. The normalized spacial score (nSPS) is 12.6. The number of H-pyrrole nitrogens is 1. The minimum atomic E-state index is -0.504. The molecule has 0 atom stereocenters. The highest BCUT2D eigenvalue weighted by Gasteiger charge is 2.21. The van der Waals surface area contributed by atoms with Crippen LogP contribution in [-0.2, 0) is 10.8 Å². The van der Waals surface area contributed by atoms with Crippen molar-refractivity contribution in [2.75, 3.05) is 5.43 Å². The lowest BCUT2D eigenvalue weighted by atomic mass is 9.87. The maximum absolute atomic E-state index is 11.4. The Kier molecular flexibility index (Phi) is 4.87. The van der Waals surface area contributed by atoms with Crippen LogP contribution < -0.4 is 11.1 Å². The maximum atomic E-state index is 11.4. The van der Waals surface area contributed by atoms with Crippen LogP contribution in [0, 0.1) is 0 Å². The lowest BCUT2D eigenvalue weighted by molar-refractivity contribution is 0.553. The van der Waals surface area contributed by atoms with Gasteiger partial charge in [-0.15, -0.1) is 0 Å². The van der Waals surface area contributed by atoms with Gasteiger partial charge in [0.25, 0.3) is 0 Å². The molecule has 0 unspecified atom stereocenters. The van der Waals surface area contributed by atoms with Crippen LogP contribution in [0.3, 0.4) is 0 Å². The van der Waals surface area contributed by atoms with Crippen LogP contribution in [0.15, 0.2) is 34.2 Å². The fourth-order valence-corrected chi connectivity index (χ4v) is 2.17. The van der Waals surface area contributed by atoms with E-state index >= 15 is 0 Å². The molecule has 0 amide bonds. The summed E-state index contributed by atoms with van der Waals surface area (Å²) in [4.78, 5) is 15.3. The first-order valence-electron chi connectivity index (χ1n) is 7.94. The minimum Gasteiger partial charge on any atom is -0.260 e. The topological polar surface area (TPSA) is 83.0 Å². The van der Waals surface area contributed by atoms with Crippen molar-refractivity contribution in [3.63, 3.8) is 0 Å². The quantitative estimate of drug-likeness (QED) is 0.670. The van der Waals surface area contributed by atoms with Crippen molar-refractivity contribution in [2.24, 2.45) is 5.10 Å². The van der Waals surface area contributed by atoms with E-state index in [0.717, 1.165) is 5.56 Å². The summed E-state index contributed by atoms with van der Waals surface area (Å²) < 4.78 is 0. The molecular formula is C18H25N5O. The third-order valence-corrected chi connectivity index (χ3v) is 3.57. The molecule has 24 heavy (non-hydrogen) atoms. The highest BCUT2D eigenvalue weighted by molar-refractivity contribution is 5.80. The summed E-state index contributed by atoms with van der Waals surface area (Å²) in [7, 11) is 0. The number of hydrogen-bond donors (Lipinski definition) is 2. The fraction of sp³-hybridized carbons (Fsp3) is 0.444. The Morgan fingerprint density at radius 1 is 1.04 bits per heavy atom. The molecule has 128 valence electrons. The van der Waals surface area contributed by atoms with E-state index in [9.17, 15) is 4.79 Å². The lowest BCUT2D eigenvalue weighted by Crippen LogP contribution is -2.24. The Balaban J connectivity index is 2.18. The molecule has 0 fully saturated rings. The van der Waals surface area contributed by atoms with Gasteiger partial charge in [0, 0.05) is 5.41 Å². The maximum Gasteiger partial charge on any atom is 0.363 e. The third kappa shape index (κ3) is 4.50. The zero-order valence-corrected chi connectivity index (χ0v) is 15.1. The van der Waals surface area contributed by atoms with Crippen LogP contribution in [0.4, 0.5) is 5.82 Å². The van der Waals surface area contributed by atoms with Crippen molar-refractivity contribution in [1.82, 2.24) is 15.2 Å². The summed E-state index contributed by atoms with van der Waals surface area (Å²) in [6.45, 7) is 12.5. The van der Waals surface area contributed by atoms with Crippen molar-refractivity contribution in [1.29, 1.82) is 0 Å². The number of nitrogens with one attached hydrogen (secondary N) is 2. The van der Waals surface area contributed by atoms with Gasteiger partial charge in [-0.2, -0.15) is 15.2 Å². The number of hydrogen-bond acceptors (Lipinski definition) is 5. The summed E-state index contributed by atoms with van der Waals surface area (Å²) in [6, 6.07) is 8.21. The Hall–Kier alpha value is -2.50. The lowest BCUT2D eigenvalue weighted by Gasteiger charge is -2.19. The number of hydrazone groups is 1. The zero-order chi connectivity index (χ0) is 18.0. The molecule has 1 aromatic carbocycles. The first kappa shape index (κ1) is 17.8. The summed E-state index contributed by atoms with van der Waals surface area (Å²) in [5, 5.41) is 10.6. The predicted octanol–water partition coefficient (Wildman–Crippen LogP) is 3.21. The summed E-state index contributed by atoms with van der Waals surface area (Å²) in [5.74, 6) is 0.369. The monoisotopic (exact) mass is 327 g/mol. The Morgan fingerprint density at radius 2 is 1.67 bits per heavy atom. The molecule has 0 aliphatic rings. The number of benzene rings is 1. The minimum absolute atomic E-state index is 0.121. The first-order valence-corrected chi connectivity index (χ1v) is 7.94. The smallest absolute Gasteiger partial charge is 0.260 e. The molecule has 1 aromatic heterocycles. The molecule has 0 saturated carbocycles. The van der Waals surface area contributed by atoms with Gasteiger partial charge in [-0.05, 0) is 16.5 Å². The average Bonchev–Trinajstić information content (AvgIpc) is 2.45. The largest absolute Gasteiger partial charge is 0.363 e. The highest BCUT2D eigenvalue weighted by Crippen LogP contribution is 2.24. The van der Waals surface area contributed by atoms with Gasteiger partial charge in [0.05, 0.1) is 6.21 Å². The van der Waals surface area contributed by atoms with E-state index in [4.69, 9.17) is 0 Å². The van der Waals surface area contributed by atoms with Gasteiger partial charge >= 0.3 is 5.69 Å². The molecule has 0 bridgehead atoms. The van der Waals surface area contributed by atoms with Crippen LogP contribution in [0.25, 0.3) is 0 Å². The van der Waals surface area contributed by atoms with Crippen molar-refractivity contribution in [2.45, 2.75) is 52.4 Å². The van der Waals surface area contributed by atoms with Gasteiger partial charge in [-0.1, -0.05) is 65.8 Å². The van der Waals surface area contributed by atoms with E-state index < -0.39 is 5.69 Å². The Labute approximate surface area is 142 Å². The van der Waals surface area contributed by atoms with Gasteiger partial charge in [0.1, 0.15) is 5.69 Å². The van der Waals surface area contributed by atoms with E-state index in [1.54, 1.807) is 6.21 Å². The molecule has 2 N–H and O–H groups in total. The molecule has 6 heteroatoms. The average molecular weight is 327 g/mol. The van der Waals surface area contributed by atoms with Crippen LogP contribution in [0.2, 0.25) is 0 Å². The van der Waals surface area contributed by atoms with Gasteiger partial charge in [0.2, 0.25) is 0 Å². The van der Waals surface area contributed by atoms with Gasteiger partial charge in [0.15, 0.2) is 5.82 Å². The number of anilines is 1. The molecular weight excluding hydrogens is 302 g/mol. The van der Waals surface area contributed by atoms with E-state index in [0.29, 0.717) is 11.5 Å². The molecule has 0 spiro atoms. The molecule has 0 saturated heterocycles. The fourth-order valence-electron chi connectivity index (χ4n) is 2.17. The standard InChI is InChI=1S/C18H25N5O/c1-17(2,3)13-9-7-12(8-10-13)11-19-22-15-14(18(4,5)6)21-23-16(24)20-15/h7-11H,1-6H3,(H2,20,22,23,24)/b19-11+. The molecule has 2 aromatic rings. The molecule has 1 heterocycles. The number of aromatic nitrogens is 3. The van der Waals surface area contributed by atoms with Gasteiger partial charge in [-0.3, -0.25) is 5.43 Å². The molecule has 0 aliphatic carbocycles. The van der Waals surface area contributed by atoms with Crippen LogP contribution in [-0.4, -0.2) is 21.4 Å². The van der Waals surface area contributed by atoms with Crippen molar-refractivity contribution < 1.29 is 0 Å². The SMILES string of the molecule is CC(C)(C)c1ccc(/C=N/Nc2nc(=O)[nH]nc2C(C)(C)C)cc1. The second-order valence-electron chi connectivity index (χ2n) is 7.83. The summed E-state index contributed by atoms with van der Waals surface area (Å²) >= 11 is 0. The Bertz CT molecular complexity index is 777. The van der Waals surface area contributed by atoms with E-state index in [1.807, 2.05) is 32.9 Å². The molecule has 6 nitrogen and oxygen atoms in total. The second-order valence-corrected chi connectivity index (χ2v) is 7.83. The van der Waals surface area contributed by atoms with Crippen LogP contribution in [0.5, 0.6) is 0 Å². The second kappa shape index (κ2) is 6.55. The Morgan fingerprint density at radius 3 is 2.21 bits per heavy atom. The van der Waals surface area contributed by atoms with Crippen molar-refractivity contribution in [3.8, 4) is 0 Å². The van der Waals surface area contributed by atoms with Crippen LogP contribution in [0.1, 0.15) is 58.4 Å². The van der Waals surface area contributed by atoms with Crippen molar-refractivity contribution >= 4 is 12.0 Å². The van der Waals surface area contributed by atoms with Gasteiger partial charge in [-0.25, -0.2) is 9.89 Å². The number of rotatable bonds is 3. The molecule has 0 aliphatic heterocycles. The zero-order valence-electron chi connectivity index (χ0n) is 15.1. The third-order valence-electron chi connectivity index (χ3n) is 3.57. The number of aromatic amines is 1. The summed E-state index contributed by atoms with van der Waals surface area (Å²) in [6.07, 6.45) is 1.70. The molecule has 2 rings (SSSR count). The summed E-state index contributed by atoms with van der Waals surface area (Å²) in [5.41, 5.74) is 5.07. The number of nitrogens with zero attached hydrogens (tertiary/aromatic N) is 3. The predicted molar refractivity (Wildman–Crippen MR) is 97.7 cm³/mol. The van der Waals surface area contributed by atoms with E-state index in [1.165, 1.54) is 5.56 Å². The van der Waals surface area contributed by atoms with Gasteiger partial charge < -0.3 is 0 Å².